The van der Waals surface area contributed by atoms with Crippen LogP contribution in [0.3, 0.4) is 0 Å². The van der Waals surface area contributed by atoms with Gasteiger partial charge in [-0.3, -0.25) is 9.59 Å². The lowest BCUT2D eigenvalue weighted by Crippen LogP contribution is -2.46. The molecule has 2 heterocycles. The number of nitrogens with one attached hydrogen (secondary N) is 1. The zero-order valence-electron chi connectivity index (χ0n) is 17.4. The molecule has 0 atom stereocenters. The molecule has 1 saturated heterocycles. The summed E-state index contributed by atoms with van der Waals surface area (Å²) < 4.78 is 63.5. The number of amides is 2. The van der Waals surface area contributed by atoms with Crippen LogP contribution in [0.15, 0.2) is 0 Å². The lowest BCUT2D eigenvalue weighted by molar-refractivity contribution is -0.193. The Balaban J connectivity index is 0.000000343. The SMILES string of the molecule is NC(=O)c1sc2c(c1C(=O)N1CCNCC1)CCCC2.O=C(O)C(F)(F)F.O=C(O)C(F)(F)F. The zero-order valence-corrected chi connectivity index (χ0v) is 18.2. The lowest BCUT2D eigenvalue weighted by atomic mass is 9.94. The molecule has 3 rings (SSSR count). The van der Waals surface area contributed by atoms with E-state index in [1.165, 1.54) is 16.2 Å². The molecule has 5 N–H and O–H groups in total. The Bertz CT molecular complexity index is 885. The van der Waals surface area contributed by atoms with Gasteiger partial charge in [-0.1, -0.05) is 0 Å². The van der Waals surface area contributed by atoms with E-state index in [0.29, 0.717) is 23.5 Å². The summed E-state index contributed by atoms with van der Waals surface area (Å²) >= 11 is 1.42. The van der Waals surface area contributed by atoms with E-state index < -0.39 is 30.2 Å². The molecular formula is C18H21F6N3O6S. The molecule has 34 heavy (non-hydrogen) atoms. The number of primary amides is 1. The summed E-state index contributed by atoms with van der Waals surface area (Å²) in [6, 6.07) is 0. The second-order valence-electron chi connectivity index (χ2n) is 6.93. The van der Waals surface area contributed by atoms with E-state index in [2.05, 4.69) is 5.32 Å². The molecule has 0 unspecified atom stereocenters. The number of carboxylic acid groups (broad SMARTS) is 2. The number of aliphatic carboxylic acids is 2. The first-order valence-electron chi connectivity index (χ1n) is 9.61. The smallest absolute Gasteiger partial charge is 0.475 e. The maximum atomic E-state index is 12.8. The quantitative estimate of drug-likeness (QED) is 0.435. The average Bonchev–Trinajstić information content (AvgIpc) is 3.13. The van der Waals surface area contributed by atoms with Crippen LogP contribution in [0.5, 0.6) is 0 Å². The summed E-state index contributed by atoms with van der Waals surface area (Å²) in [7, 11) is 0. The Labute approximate surface area is 192 Å². The molecule has 2 aliphatic rings. The van der Waals surface area contributed by atoms with Crippen molar-refractivity contribution < 1.29 is 55.7 Å². The van der Waals surface area contributed by atoms with Crippen molar-refractivity contribution in [3.63, 3.8) is 0 Å². The highest BCUT2D eigenvalue weighted by Gasteiger charge is 2.39. The fraction of sp³-hybridized carbons (Fsp3) is 0.556. The van der Waals surface area contributed by atoms with E-state index >= 15 is 0 Å². The normalized spacial score (nSPS) is 15.6. The molecule has 1 aromatic heterocycles. The number of nitrogens with two attached hydrogens (primary N) is 1. The lowest BCUT2D eigenvalue weighted by Gasteiger charge is -2.28. The van der Waals surface area contributed by atoms with Crippen molar-refractivity contribution in [2.24, 2.45) is 5.73 Å². The highest BCUT2D eigenvalue weighted by Crippen LogP contribution is 2.35. The molecule has 192 valence electrons. The van der Waals surface area contributed by atoms with Crippen LogP contribution in [-0.2, 0) is 22.4 Å². The van der Waals surface area contributed by atoms with Crippen molar-refractivity contribution in [3.8, 4) is 0 Å². The molecule has 9 nitrogen and oxygen atoms in total. The molecule has 0 bridgehead atoms. The van der Waals surface area contributed by atoms with E-state index in [9.17, 15) is 35.9 Å². The van der Waals surface area contributed by atoms with Crippen LogP contribution >= 0.6 is 11.3 Å². The fourth-order valence-corrected chi connectivity index (χ4v) is 4.22. The fourth-order valence-electron chi connectivity index (χ4n) is 2.99. The molecule has 0 saturated carbocycles. The van der Waals surface area contributed by atoms with Gasteiger partial charge in [-0.2, -0.15) is 26.3 Å². The Morgan fingerprint density at radius 1 is 0.882 bits per heavy atom. The van der Waals surface area contributed by atoms with E-state index in [1.54, 1.807) is 0 Å². The van der Waals surface area contributed by atoms with Gasteiger partial charge in [0.1, 0.15) is 4.88 Å². The number of halogens is 6. The number of hydrogen-bond donors (Lipinski definition) is 4. The second kappa shape index (κ2) is 12.0. The predicted octanol–water partition coefficient (Wildman–Crippen LogP) is 2.04. The number of rotatable bonds is 2. The molecule has 1 aliphatic carbocycles. The van der Waals surface area contributed by atoms with Gasteiger partial charge in [0, 0.05) is 31.1 Å². The third-order valence-corrected chi connectivity index (χ3v) is 5.80. The van der Waals surface area contributed by atoms with Crippen LogP contribution in [0.4, 0.5) is 26.3 Å². The maximum absolute atomic E-state index is 12.8. The van der Waals surface area contributed by atoms with Gasteiger partial charge in [0.15, 0.2) is 0 Å². The second-order valence-corrected chi connectivity index (χ2v) is 8.03. The summed E-state index contributed by atoms with van der Waals surface area (Å²) in [5, 5.41) is 17.5. The van der Waals surface area contributed by atoms with Crippen LogP contribution in [0.2, 0.25) is 0 Å². The number of nitrogens with zero attached hydrogens (tertiary/aromatic N) is 1. The van der Waals surface area contributed by atoms with Crippen molar-refractivity contribution in [1.82, 2.24) is 10.2 Å². The van der Waals surface area contributed by atoms with Crippen molar-refractivity contribution >= 4 is 35.1 Å². The third-order valence-electron chi connectivity index (χ3n) is 4.50. The summed E-state index contributed by atoms with van der Waals surface area (Å²) in [5.74, 6) is -6.00. The molecule has 1 fully saturated rings. The molecule has 16 heteroatoms. The minimum absolute atomic E-state index is 0.0142. The number of thiophene rings is 1. The van der Waals surface area contributed by atoms with Gasteiger partial charge < -0.3 is 26.2 Å². The van der Waals surface area contributed by atoms with Crippen molar-refractivity contribution in [2.45, 2.75) is 38.0 Å². The Morgan fingerprint density at radius 2 is 1.32 bits per heavy atom. The molecule has 2 amide bonds. The van der Waals surface area contributed by atoms with Gasteiger partial charge in [0.05, 0.1) is 5.56 Å². The van der Waals surface area contributed by atoms with Crippen LogP contribution < -0.4 is 11.1 Å². The zero-order chi connectivity index (χ0) is 26.3. The Kier molecular flexibility index (Phi) is 10.3. The molecule has 0 aromatic carbocycles. The Morgan fingerprint density at radius 3 is 1.74 bits per heavy atom. The molecular weight excluding hydrogens is 500 g/mol. The summed E-state index contributed by atoms with van der Waals surface area (Å²) in [6.45, 7) is 3.01. The highest BCUT2D eigenvalue weighted by molar-refractivity contribution is 7.14. The largest absolute Gasteiger partial charge is 0.490 e. The van der Waals surface area contributed by atoms with Gasteiger partial charge in [0.2, 0.25) is 0 Å². The van der Waals surface area contributed by atoms with E-state index in [-0.39, 0.29) is 5.91 Å². The van der Waals surface area contributed by atoms with Crippen molar-refractivity contribution in [2.75, 3.05) is 26.2 Å². The monoisotopic (exact) mass is 521 g/mol. The molecule has 1 aromatic rings. The first-order valence-corrected chi connectivity index (χ1v) is 10.4. The topological polar surface area (TPSA) is 150 Å². The van der Waals surface area contributed by atoms with Gasteiger partial charge >= 0.3 is 24.3 Å². The number of fused-ring (bicyclic) bond motifs is 1. The average molecular weight is 521 g/mol. The number of carboxylic acids is 2. The number of alkyl halides is 6. The van der Waals surface area contributed by atoms with Gasteiger partial charge in [-0.25, -0.2) is 9.59 Å². The van der Waals surface area contributed by atoms with Gasteiger partial charge in [-0.15, -0.1) is 11.3 Å². The number of aryl methyl sites for hydroxylation is 1. The molecule has 0 spiro atoms. The van der Waals surface area contributed by atoms with E-state index in [4.69, 9.17) is 25.5 Å². The van der Waals surface area contributed by atoms with Crippen LogP contribution in [0, 0.1) is 0 Å². The number of hydrogen-bond acceptors (Lipinski definition) is 6. The van der Waals surface area contributed by atoms with Crippen LogP contribution in [-0.4, -0.2) is 77.4 Å². The van der Waals surface area contributed by atoms with Crippen LogP contribution in [0.25, 0.3) is 0 Å². The minimum Gasteiger partial charge on any atom is -0.475 e. The Hall–Kier alpha value is -2.88. The standard InChI is InChI=1S/C14H19N3O2S.2C2HF3O2/c15-13(18)12-11(9-3-1-2-4-10(9)20-12)14(19)17-7-5-16-6-8-17;2*3-2(4,5)1(6)7/h16H,1-8H2,(H2,15,18);2*(H,6,7). The first kappa shape index (κ1) is 29.2. The van der Waals surface area contributed by atoms with Gasteiger partial charge in [0.25, 0.3) is 11.8 Å². The highest BCUT2D eigenvalue weighted by atomic mass is 32.1. The summed E-state index contributed by atoms with van der Waals surface area (Å²) in [5.41, 5.74) is 7.16. The minimum atomic E-state index is -5.08. The number of carbonyl (C=O) groups is 4. The third kappa shape index (κ3) is 8.48. The van der Waals surface area contributed by atoms with Crippen molar-refractivity contribution in [3.05, 3.63) is 20.9 Å². The van der Waals surface area contributed by atoms with Gasteiger partial charge in [-0.05, 0) is 31.2 Å². The predicted molar refractivity (Wildman–Crippen MR) is 106 cm³/mol. The van der Waals surface area contributed by atoms with Crippen LogP contribution in [0.1, 0.15) is 43.3 Å². The van der Waals surface area contributed by atoms with E-state index in [0.717, 1.165) is 44.3 Å². The summed E-state index contributed by atoms with van der Waals surface area (Å²) in [6.07, 6.45) is -6.09. The molecule has 0 radical (unpaired) electrons. The number of piperazine rings is 1. The summed E-state index contributed by atoms with van der Waals surface area (Å²) in [4.78, 5) is 45.7. The maximum Gasteiger partial charge on any atom is 0.490 e. The first-order chi connectivity index (χ1) is 15.6. The molecule has 1 aliphatic heterocycles. The number of carbonyl (C=O) groups excluding carboxylic acids is 2. The van der Waals surface area contributed by atoms with E-state index in [1.807, 2.05) is 4.90 Å². The van der Waals surface area contributed by atoms with Crippen molar-refractivity contribution in [1.29, 1.82) is 0 Å².